The number of nitrogens with zero attached hydrogens (tertiary/aromatic N) is 2. The Labute approximate surface area is 113 Å². The van der Waals surface area contributed by atoms with Crippen LogP contribution in [0.3, 0.4) is 0 Å². The van der Waals surface area contributed by atoms with E-state index in [1.54, 1.807) is 20.3 Å². The second kappa shape index (κ2) is 5.24. The van der Waals surface area contributed by atoms with Gasteiger partial charge in [-0.15, -0.1) is 0 Å². The lowest BCUT2D eigenvalue weighted by Crippen LogP contribution is -2.19. The van der Waals surface area contributed by atoms with Gasteiger partial charge in [-0.25, -0.2) is 4.39 Å². The zero-order chi connectivity index (χ0) is 14.9. The van der Waals surface area contributed by atoms with Crippen LogP contribution >= 0.6 is 0 Å². The first kappa shape index (κ1) is 14.5. The van der Waals surface area contributed by atoms with Crippen LogP contribution in [0.5, 0.6) is 0 Å². The summed E-state index contributed by atoms with van der Waals surface area (Å²) in [5.41, 5.74) is -0.346. The maximum atomic E-state index is 13.9. The maximum absolute atomic E-state index is 13.9. The summed E-state index contributed by atoms with van der Waals surface area (Å²) in [4.78, 5) is 0. The van der Waals surface area contributed by atoms with E-state index in [0.29, 0.717) is 5.56 Å². The Kier molecular flexibility index (Phi) is 3.80. The van der Waals surface area contributed by atoms with Crippen LogP contribution < -0.4 is 5.32 Å². The molecule has 2 aromatic rings. The molecule has 0 radical (unpaired) electrons. The molecule has 20 heavy (non-hydrogen) atoms. The minimum Gasteiger partial charge on any atom is -0.309 e. The summed E-state index contributed by atoms with van der Waals surface area (Å²) < 4.78 is 53.5. The van der Waals surface area contributed by atoms with Gasteiger partial charge in [-0.05, 0) is 25.2 Å². The molecule has 0 spiro atoms. The third kappa shape index (κ3) is 2.82. The van der Waals surface area contributed by atoms with E-state index >= 15 is 0 Å². The SMILES string of the molecule is CNC(c1cnn(C)c1)c1cc(C(F)(F)F)ccc1F. The Morgan fingerprint density at radius 2 is 2.00 bits per heavy atom. The van der Waals surface area contributed by atoms with Crippen molar-refractivity contribution in [1.82, 2.24) is 15.1 Å². The lowest BCUT2D eigenvalue weighted by atomic mass is 9.99. The van der Waals surface area contributed by atoms with Crippen molar-refractivity contribution >= 4 is 0 Å². The molecule has 1 unspecified atom stereocenters. The zero-order valence-electron chi connectivity index (χ0n) is 10.9. The minimum atomic E-state index is -4.50. The van der Waals surface area contributed by atoms with Crippen molar-refractivity contribution in [2.24, 2.45) is 7.05 Å². The molecule has 2 rings (SSSR count). The average molecular weight is 287 g/mol. The van der Waals surface area contributed by atoms with Gasteiger partial charge in [0.15, 0.2) is 0 Å². The first-order valence-electron chi connectivity index (χ1n) is 5.85. The van der Waals surface area contributed by atoms with Gasteiger partial charge >= 0.3 is 6.18 Å². The molecule has 1 aromatic carbocycles. The maximum Gasteiger partial charge on any atom is 0.416 e. The quantitative estimate of drug-likeness (QED) is 0.880. The molecule has 0 saturated carbocycles. The van der Waals surface area contributed by atoms with Gasteiger partial charge in [0, 0.05) is 24.4 Å². The lowest BCUT2D eigenvalue weighted by molar-refractivity contribution is -0.137. The fraction of sp³-hybridized carbons (Fsp3) is 0.308. The summed E-state index contributed by atoms with van der Waals surface area (Å²) in [7, 11) is 3.23. The van der Waals surface area contributed by atoms with Crippen molar-refractivity contribution in [3.63, 3.8) is 0 Å². The van der Waals surface area contributed by atoms with E-state index < -0.39 is 23.6 Å². The van der Waals surface area contributed by atoms with Crippen LogP contribution in [0.15, 0.2) is 30.6 Å². The smallest absolute Gasteiger partial charge is 0.309 e. The monoisotopic (exact) mass is 287 g/mol. The molecule has 108 valence electrons. The van der Waals surface area contributed by atoms with E-state index in [1.165, 1.54) is 10.9 Å². The number of nitrogens with one attached hydrogen (secondary N) is 1. The molecule has 0 bridgehead atoms. The number of alkyl halides is 3. The van der Waals surface area contributed by atoms with Gasteiger partial charge < -0.3 is 5.32 Å². The fourth-order valence-electron chi connectivity index (χ4n) is 2.03. The summed E-state index contributed by atoms with van der Waals surface area (Å²) >= 11 is 0. The highest BCUT2D eigenvalue weighted by atomic mass is 19.4. The Hall–Kier alpha value is -1.89. The van der Waals surface area contributed by atoms with Gasteiger partial charge in [-0.3, -0.25) is 4.68 Å². The highest BCUT2D eigenvalue weighted by Crippen LogP contribution is 2.33. The summed E-state index contributed by atoms with van der Waals surface area (Å²) in [6.45, 7) is 0. The van der Waals surface area contributed by atoms with Crippen LogP contribution in [-0.4, -0.2) is 16.8 Å². The number of hydrogen-bond donors (Lipinski definition) is 1. The van der Waals surface area contributed by atoms with Gasteiger partial charge in [-0.2, -0.15) is 18.3 Å². The molecule has 0 saturated heterocycles. The first-order valence-corrected chi connectivity index (χ1v) is 5.85. The van der Waals surface area contributed by atoms with Gasteiger partial charge in [0.2, 0.25) is 0 Å². The van der Waals surface area contributed by atoms with Crippen molar-refractivity contribution in [2.45, 2.75) is 12.2 Å². The van der Waals surface area contributed by atoms with Gasteiger partial charge in [-0.1, -0.05) is 0 Å². The molecular formula is C13H13F4N3. The molecule has 3 nitrogen and oxygen atoms in total. The summed E-state index contributed by atoms with van der Waals surface area (Å²) in [6.07, 6.45) is -1.39. The van der Waals surface area contributed by atoms with Crippen molar-refractivity contribution in [1.29, 1.82) is 0 Å². The normalized spacial score (nSPS) is 13.5. The Morgan fingerprint density at radius 1 is 1.30 bits per heavy atom. The first-order chi connectivity index (χ1) is 9.32. The van der Waals surface area contributed by atoms with Crippen LogP contribution in [0.25, 0.3) is 0 Å². The molecule has 1 aromatic heterocycles. The number of aryl methyl sites for hydroxylation is 1. The van der Waals surface area contributed by atoms with Gasteiger partial charge in [0.05, 0.1) is 17.8 Å². The molecule has 0 aliphatic heterocycles. The number of aromatic nitrogens is 2. The highest BCUT2D eigenvalue weighted by molar-refractivity contribution is 5.34. The molecule has 0 aliphatic rings. The van der Waals surface area contributed by atoms with Crippen LogP contribution in [0, 0.1) is 5.82 Å². The summed E-state index contributed by atoms with van der Waals surface area (Å²) in [5, 5.41) is 6.75. The van der Waals surface area contributed by atoms with Gasteiger partial charge in [0.25, 0.3) is 0 Å². The third-order valence-electron chi connectivity index (χ3n) is 2.98. The number of rotatable bonds is 3. The minimum absolute atomic E-state index is 0.0599. The number of halogens is 4. The van der Waals surface area contributed by atoms with Crippen LogP contribution in [0.2, 0.25) is 0 Å². The van der Waals surface area contributed by atoms with E-state index in [-0.39, 0.29) is 5.56 Å². The highest BCUT2D eigenvalue weighted by Gasteiger charge is 2.32. The Balaban J connectivity index is 2.49. The van der Waals surface area contributed by atoms with E-state index in [0.717, 1.165) is 18.2 Å². The van der Waals surface area contributed by atoms with E-state index in [1.807, 2.05) is 0 Å². The van der Waals surface area contributed by atoms with Crippen LogP contribution in [-0.2, 0) is 13.2 Å². The van der Waals surface area contributed by atoms with Crippen molar-refractivity contribution in [2.75, 3.05) is 7.05 Å². The molecule has 1 atom stereocenters. The zero-order valence-corrected chi connectivity index (χ0v) is 10.9. The van der Waals surface area contributed by atoms with E-state index in [2.05, 4.69) is 10.4 Å². The van der Waals surface area contributed by atoms with Crippen molar-refractivity contribution in [3.05, 3.63) is 53.1 Å². The van der Waals surface area contributed by atoms with Crippen molar-refractivity contribution in [3.8, 4) is 0 Å². The average Bonchev–Trinajstić information content (AvgIpc) is 2.77. The Morgan fingerprint density at radius 3 is 2.50 bits per heavy atom. The molecule has 1 N–H and O–H groups in total. The number of hydrogen-bond acceptors (Lipinski definition) is 2. The standard InChI is InChI=1S/C13H13F4N3/c1-18-12(8-6-19-20(2)7-8)10-5-9(13(15,16)17)3-4-11(10)14/h3-7,12,18H,1-2H3. The van der Waals surface area contributed by atoms with E-state index in [9.17, 15) is 17.6 Å². The Bertz CT molecular complexity index is 604. The summed E-state index contributed by atoms with van der Waals surface area (Å²) in [6, 6.07) is 1.70. The molecule has 0 amide bonds. The second-order valence-corrected chi connectivity index (χ2v) is 4.40. The van der Waals surface area contributed by atoms with E-state index in [4.69, 9.17) is 0 Å². The summed E-state index contributed by atoms with van der Waals surface area (Å²) in [5.74, 6) is -0.693. The second-order valence-electron chi connectivity index (χ2n) is 4.40. The predicted octanol–water partition coefficient (Wildman–Crippen LogP) is 2.89. The molecule has 0 aliphatic carbocycles. The van der Waals surface area contributed by atoms with Crippen molar-refractivity contribution < 1.29 is 17.6 Å². The molecule has 7 heteroatoms. The number of benzene rings is 1. The molecule has 0 fully saturated rings. The topological polar surface area (TPSA) is 29.9 Å². The third-order valence-corrected chi connectivity index (χ3v) is 2.98. The van der Waals surface area contributed by atoms with Gasteiger partial charge in [0.1, 0.15) is 5.82 Å². The van der Waals surface area contributed by atoms with Crippen LogP contribution in [0.4, 0.5) is 17.6 Å². The molecular weight excluding hydrogens is 274 g/mol. The fourth-order valence-corrected chi connectivity index (χ4v) is 2.03. The molecule has 1 heterocycles. The van der Waals surface area contributed by atoms with Crippen LogP contribution in [0.1, 0.15) is 22.7 Å². The largest absolute Gasteiger partial charge is 0.416 e. The predicted molar refractivity (Wildman–Crippen MR) is 65.5 cm³/mol. The lowest BCUT2D eigenvalue weighted by Gasteiger charge is -2.17.